The number of hydrogen-bond acceptors (Lipinski definition) is 4. The maximum Gasteiger partial charge on any atom is 0.124 e. The molecule has 0 saturated heterocycles. The van der Waals surface area contributed by atoms with Crippen molar-refractivity contribution in [1.29, 1.82) is 0 Å². The second-order valence-corrected chi connectivity index (χ2v) is 3.60. The number of nitrogens with two attached hydrogens (primary N) is 1. The summed E-state index contributed by atoms with van der Waals surface area (Å²) in [5.41, 5.74) is 0.796. The predicted octanol–water partition coefficient (Wildman–Crippen LogP) is -0.308. The van der Waals surface area contributed by atoms with Gasteiger partial charge in [0.2, 0.25) is 0 Å². The molecule has 2 heterocycles. The third-order valence-electron chi connectivity index (χ3n) is 1.51. The van der Waals surface area contributed by atoms with Crippen LogP contribution < -0.4 is 5.84 Å². The lowest BCUT2D eigenvalue weighted by atomic mass is 10.3. The Bertz CT molecular complexity index is 305. The average Bonchev–Trinajstić information content (AvgIpc) is 2.33. The minimum Gasteiger partial charge on any atom is -0.296 e. The van der Waals surface area contributed by atoms with E-state index in [4.69, 9.17) is 5.84 Å². The standard InChI is InChI=1S/C6H7N3OS/c7-9-3-6-5(8-4-9)1-2-11(6)10/h1-3H,4,7H2. The zero-order valence-corrected chi connectivity index (χ0v) is 6.54. The second kappa shape index (κ2) is 2.28. The SMILES string of the molecule is NN1C=C2C(=NC1)C=CS2=O. The Morgan fingerprint density at radius 1 is 1.73 bits per heavy atom. The zero-order valence-electron chi connectivity index (χ0n) is 5.73. The molecule has 5 heteroatoms. The molecule has 0 aliphatic carbocycles. The van der Waals surface area contributed by atoms with Crippen molar-refractivity contribution < 1.29 is 4.21 Å². The Kier molecular flexibility index (Phi) is 1.40. The van der Waals surface area contributed by atoms with Gasteiger partial charge in [0.05, 0.1) is 21.4 Å². The number of aliphatic imine (C=N–C) groups is 1. The van der Waals surface area contributed by atoms with Crippen molar-refractivity contribution in [3.05, 3.63) is 22.6 Å². The van der Waals surface area contributed by atoms with Crippen LogP contribution in [0.1, 0.15) is 0 Å². The molecule has 0 aromatic heterocycles. The molecule has 0 bridgehead atoms. The molecule has 0 fully saturated rings. The first-order valence-corrected chi connectivity index (χ1v) is 4.35. The minimum absolute atomic E-state index is 0.445. The van der Waals surface area contributed by atoms with Crippen LogP contribution in [-0.4, -0.2) is 21.6 Å². The summed E-state index contributed by atoms with van der Waals surface area (Å²) in [5.74, 6) is 5.44. The van der Waals surface area contributed by atoms with E-state index in [0.29, 0.717) is 11.6 Å². The van der Waals surface area contributed by atoms with Gasteiger partial charge in [-0.1, -0.05) is 0 Å². The van der Waals surface area contributed by atoms with Gasteiger partial charge in [0.25, 0.3) is 0 Å². The molecule has 0 aromatic rings. The monoisotopic (exact) mass is 169 g/mol. The van der Waals surface area contributed by atoms with Crippen LogP contribution in [0.5, 0.6) is 0 Å². The van der Waals surface area contributed by atoms with Crippen LogP contribution in [0.25, 0.3) is 0 Å². The highest BCUT2D eigenvalue weighted by Gasteiger charge is 2.20. The molecule has 0 radical (unpaired) electrons. The van der Waals surface area contributed by atoms with E-state index >= 15 is 0 Å². The fourth-order valence-electron chi connectivity index (χ4n) is 0.983. The van der Waals surface area contributed by atoms with Crippen molar-refractivity contribution in [2.45, 2.75) is 0 Å². The van der Waals surface area contributed by atoms with Crippen molar-refractivity contribution in [2.75, 3.05) is 6.67 Å². The quantitative estimate of drug-likeness (QED) is 0.506. The summed E-state index contributed by atoms with van der Waals surface area (Å²) in [6.07, 6.45) is 3.42. The lowest BCUT2D eigenvalue weighted by Crippen LogP contribution is -2.29. The van der Waals surface area contributed by atoms with Crippen LogP contribution in [0.15, 0.2) is 27.6 Å². The fourth-order valence-corrected chi connectivity index (χ4v) is 1.96. The van der Waals surface area contributed by atoms with Gasteiger partial charge in [-0.3, -0.25) is 10.0 Å². The Balaban J connectivity index is 2.43. The van der Waals surface area contributed by atoms with E-state index in [2.05, 4.69) is 4.99 Å². The van der Waals surface area contributed by atoms with Crippen molar-refractivity contribution in [2.24, 2.45) is 10.8 Å². The molecule has 2 aliphatic heterocycles. The Hall–Kier alpha value is -0.940. The van der Waals surface area contributed by atoms with Crippen molar-refractivity contribution in [3.63, 3.8) is 0 Å². The first kappa shape index (κ1) is 6.75. The molecule has 1 atom stereocenters. The summed E-state index contributed by atoms with van der Waals surface area (Å²) in [4.78, 5) is 4.80. The molecular formula is C6H7N3OS. The first-order valence-electron chi connectivity index (χ1n) is 3.14. The lowest BCUT2D eigenvalue weighted by molar-refractivity contribution is 0.403. The van der Waals surface area contributed by atoms with Crippen molar-refractivity contribution >= 4 is 16.5 Å². The highest BCUT2D eigenvalue weighted by molar-refractivity contribution is 7.93. The molecule has 0 spiro atoms. The summed E-state index contributed by atoms with van der Waals surface area (Å²) in [6.45, 7) is 0.445. The van der Waals surface area contributed by atoms with Gasteiger partial charge in [-0.2, -0.15) is 0 Å². The summed E-state index contributed by atoms with van der Waals surface area (Å²) < 4.78 is 11.1. The smallest absolute Gasteiger partial charge is 0.124 e. The largest absolute Gasteiger partial charge is 0.296 e. The van der Waals surface area contributed by atoms with Crippen LogP contribution in [0.3, 0.4) is 0 Å². The molecule has 2 N–H and O–H groups in total. The summed E-state index contributed by atoms with van der Waals surface area (Å²) >= 11 is 0. The van der Waals surface area contributed by atoms with Crippen LogP contribution in [0.4, 0.5) is 0 Å². The normalized spacial score (nSPS) is 28.1. The van der Waals surface area contributed by atoms with E-state index in [-0.39, 0.29) is 0 Å². The molecule has 0 aromatic carbocycles. The summed E-state index contributed by atoms with van der Waals surface area (Å²) in [5, 5.41) is 3.04. The third kappa shape index (κ3) is 1.02. The third-order valence-corrected chi connectivity index (χ3v) is 2.64. The van der Waals surface area contributed by atoms with Crippen LogP contribution in [-0.2, 0) is 10.8 Å². The van der Waals surface area contributed by atoms with Gasteiger partial charge in [-0.25, -0.2) is 10.1 Å². The van der Waals surface area contributed by atoms with E-state index in [1.807, 2.05) is 0 Å². The Labute approximate surface area is 66.5 Å². The molecule has 0 amide bonds. The molecule has 0 saturated carbocycles. The van der Waals surface area contributed by atoms with Gasteiger partial charge in [0.1, 0.15) is 6.67 Å². The highest BCUT2D eigenvalue weighted by atomic mass is 32.2. The van der Waals surface area contributed by atoms with E-state index < -0.39 is 10.8 Å². The van der Waals surface area contributed by atoms with Gasteiger partial charge in [0, 0.05) is 11.6 Å². The van der Waals surface area contributed by atoms with Gasteiger partial charge >= 0.3 is 0 Å². The lowest BCUT2D eigenvalue weighted by Gasteiger charge is -2.16. The molecule has 58 valence electrons. The molecule has 2 aliphatic rings. The number of allylic oxidation sites excluding steroid dienone is 2. The van der Waals surface area contributed by atoms with Crippen LogP contribution in [0.2, 0.25) is 0 Å². The zero-order chi connectivity index (χ0) is 7.84. The predicted molar refractivity (Wildman–Crippen MR) is 43.7 cm³/mol. The van der Waals surface area contributed by atoms with Gasteiger partial charge in [-0.15, -0.1) is 0 Å². The van der Waals surface area contributed by atoms with E-state index in [9.17, 15) is 4.21 Å². The van der Waals surface area contributed by atoms with Crippen molar-refractivity contribution in [3.8, 4) is 0 Å². The molecule has 2 rings (SSSR count). The second-order valence-electron chi connectivity index (χ2n) is 2.29. The fraction of sp³-hybridized carbons (Fsp3) is 0.167. The number of hydrazine groups is 1. The van der Waals surface area contributed by atoms with Gasteiger partial charge in [0.15, 0.2) is 0 Å². The maximum absolute atomic E-state index is 11.1. The molecule has 11 heavy (non-hydrogen) atoms. The van der Waals surface area contributed by atoms with Gasteiger partial charge < -0.3 is 0 Å². The topological polar surface area (TPSA) is 58.7 Å². The Morgan fingerprint density at radius 3 is 3.36 bits per heavy atom. The van der Waals surface area contributed by atoms with Crippen LogP contribution >= 0.6 is 0 Å². The molecule has 1 unspecified atom stereocenters. The highest BCUT2D eigenvalue weighted by Crippen LogP contribution is 2.18. The molecular weight excluding hydrogens is 162 g/mol. The minimum atomic E-state index is -1.03. The summed E-state index contributed by atoms with van der Waals surface area (Å²) in [6, 6.07) is 0. The number of hydrogen-bond donors (Lipinski definition) is 1. The molecule has 4 nitrogen and oxygen atoms in total. The average molecular weight is 169 g/mol. The van der Waals surface area contributed by atoms with E-state index in [1.54, 1.807) is 17.7 Å². The van der Waals surface area contributed by atoms with E-state index in [1.165, 1.54) is 5.01 Å². The maximum atomic E-state index is 11.1. The number of fused-ring (bicyclic) bond motifs is 1. The summed E-state index contributed by atoms with van der Waals surface area (Å²) in [7, 11) is -1.03. The number of nitrogens with zero attached hydrogens (tertiary/aromatic N) is 2. The van der Waals surface area contributed by atoms with Crippen molar-refractivity contribution in [1.82, 2.24) is 5.01 Å². The van der Waals surface area contributed by atoms with Crippen LogP contribution in [0, 0.1) is 0 Å². The van der Waals surface area contributed by atoms with E-state index in [0.717, 1.165) is 5.71 Å². The number of rotatable bonds is 0. The van der Waals surface area contributed by atoms with Gasteiger partial charge in [-0.05, 0) is 6.08 Å². The Morgan fingerprint density at radius 2 is 2.55 bits per heavy atom. The first-order chi connectivity index (χ1) is 5.27.